The maximum absolute atomic E-state index is 11.1. The zero-order valence-electron chi connectivity index (χ0n) is 10.5. The minimum absolute atomic E-state index is 0.125. The molecule has 0 amide bonds. The molecule has 0 atom stereocenters. The Labute approximate surface area is 116 Å². The second-order valence-corrected chi connectivity index (χ2v) is 5.28. The molecule has 1 heterocycles. The summed E-state index contributed by atoms with van der Waals surface area (Å²) in [4.78, 5) is 15.1. The van der Waals surface area contributed by atoms with Crippen LogP contribution >= 0.6 is 11.6 Å². The van der Waals surface area contributed by atoms with Crippen LogP contribution in [0.2, 0.25) is 5.15 Å². The summed E-state index contributed by atoms with van der Waals surface area (Å²) in [7, 11) is 0. The number of nitrogens with zero attached hydrogens (tertiary/aromatic N) is 1. The molecular formula is C13H17ClN2O3. The van der Waals surface area contributed by atoms with Crippen LogP contribution in [0.15, 0.2) is 12.1 Å². The number of pyridine rings is 1. The number of aromatic carboxylic acids is 1. The maximum Gasteiger partial charge on any atom is 0.339 e. The lowest BCUT2D eigenvalue weighted by Gasteiger charge is -2.25. The number of nitrogens with one attached hydrogen (secondary N) is 1. The summed E-state index contributed by atoms with van der Waals surface area (Å²) in [5.41, 5.74) is 0.125. The van der Waals surface area contributed by atoms with Gasteiger partial charge in [0.15, 0.2) is 0 Å². The first kappa shape index (κ1) is 14.1. The van der Waals surface area contributed by atoms with E-state index in [-0.39, 0.29) is 16.8 Å². The molecule has 1 saturated carbocycles. The molecule has 1 aromatic rings. The molecule has 1 aliphatic rings. The summed E-state index contributed by atoms with van der Waals surface area (Å²) in [6, 6.07) is 2.91. The van der Waals surface area contributed by atoms with Gasteiger partial charge in [0.1, 0.15) is 16.5 Å². The summed E-state index contributed by atoms with van der Waals surface area (Å²) in [6.45, 7) is 0.653. The fourth-order valence-corrected chi connectivity index (χ4v) is 2.48. The number of hydrogen-bond acceptors (Lipinski definition) is 4. The van der Waals surface area contributed by atoms with Crippen molar-refractivity contribution in [2.45, 2.75) is 31.8 Å². The summed E-state index contributed by atoms with van der Waals surface area (Å²) >= 11 is 5.79. The molecule has 3 N–H and O–H groups in total. The zero-order valence-corrected chi connectivity index (χ0v) is 11.2. The van der Waals surface area contributed by atoms with E-state index in [0.717, 1.165) is 25.7 Å². The fraction of sp³-hybridized carbons (Fsp3) is 0.538. The SMILES string of the molecule is O=C(O)c1ccc(Cl)nc1NCC1CCC(O)CC1. The van der Waals surface area contributed by atoms with Gasteiger partial charge in [-0.05, 0) is 43.7 Å². The smallest absolute Gasteiger partial charge is 0.339 e. The van der Waals surface area contributed by atoms with Gasteiger partial charge < -0.3 is 15.5 Å². The van der Waals surface area contributed by atoms with E-state index in [1.807, 2.05) is 0 Å². The lowest BCUT2D eigenvalue weighted by molar-refractivity contribution is 0.0697. The van der Waals surface area contributed by atoms with E-state index in [9.17, 15) is 9.90 Å². The Bertz CT molecular complexity index is 459. The number of rotatable bonds is 4. The number of aliphatic hydroxyl groups is 1. The van der Waals surface area contributed by atoms with Crippen molar-refractivity contribution in [3.05, 3.63) is 22.8 Å². The Morgan fingerprint density at radius 1 is 1.37 bits per heavy atom. The topological polar surface area (TPSA) is 82.5 Å². The van der Waals surface area contributed by atoms with Crippen molar-refractivity contribution in [1.82, 2.24) is 4.98 Å². The number of hydrogen-bond donors (Lipinski definition) is 3. The Morgan fingerprint density at radius 2 is 2.05 bits per heavy atom. The van der Waals surface area contributed by atoms with Crippen LogP contribution in [0, 0.1) is 5.92 Å². The second-order valence-electron chi connectivity index (χ2n) is 4.89. The molecule has 1 aliphatic carbocycles. The summed E-state index contributed by atoms with van der Waals surface area (Å²) in [5.74, 6) is -0.275. The standard InChI is InChI=1S/C13H17ClN2O3/c14-11-6-5-10(13(18)19)12(16-11)15-7-8-1-3-9(17)4-2-8/h5-6,8-9,17H,1-4,7H2,(H,15,16)(H,18,19). The molecule has 0 aliphatic heterocycles. The summed E-state index contributed by atoms with van der Waals surface area (Å²) < 4.78 is 0. The number of aromatic nitrogens is 1. The quantitative estimate of drug-likeness (QED) is 0.740. The van der Waals surface area contributed by atoms with Gasteiger partial charge in [0.25, 0.3) is 0 Å². The van der Waals surface area contributed by atoms with Crippen LogP contribution in [-0.2, 0) is 0 Å². The highest BCUT2D eigenvalue weighted by Crippen LogP contribution is 2.25. The van der Waals surface area contributed by atoms with Gasteiger partial charge in [0, 0.05) is 6.54 Å². The van der Waals surface area contributed by atoms with Crippen LogP contribution in [0.1, 0.15) is 36.0 Å². The first-order chi connectivity index (χ1) is 9.06. The van der Waals surface area contributed by atoms with Gasteiger partial charge in [0.2, 0.25) is 0 Å². The third kappa shape index (κ3) is 3.81. The van der Waals surface area contributed by atoms with Crippen LogP contribution in [0.5, 0.6) is 0 Å². The monoisotopic (exact) mass is 284 g/mol. The molecule has 1 fully saturated rings. The average molecular weight is 285 g/mol. The fourth-order valence-electron chi connectivity index (χ4n) is 2.33. The number of carbonyl (C=O) groups is 1. The first-order valence-electron chi connectivity index (χ1n) is 6.38. The number of halogens is 1. The van der Waals surface area contributed by atoms with Crippen LogP contribution in [0.3, 0.4) is 0 Å². The van der Waals surface area contributed by atoms with Crippen molar-refractivity contribution >= 4 is 23.4 Å². The number of carboxylic acids is 1. The van der Waals surface area contributed by atoms with Crippen LogP contribution in [0.25, 0.3) is 0 Å². The lowest BCUT2D eigenvalue weighted by Crippen LogP contribution is -2.24. The van der Waals surface area contributed by atoms with E-state index in [4.69, 9.17) is 16.7 Å². The van der Waals surface area contributed by atoms with Gasteiger partial charge in [-0.15, -0.1) is 0 Å². The highest BCUT2D eigenvalue weighted by Gasteiger charge is 2.20. The van der Waals surface area contributed by atoms with Crippen molar-refractivity contribution < 1.29 is 15.0 Å². The van der Waals surface area contributed by atoms with E-state index in [1.165, 1.54) is 12.1 Å². The van der Waals surface area contributed by atoms with E-state index in [1.54, 1.807) is 0 Å². The molecular weight excluding hydrogens is 268 g/mol. The minimum atomic E-state index is -1.02. The molecule has 0 bridgehead atoms. The Hall–Kier alpha value is -1.33. The Morgan fingerprint density at radius 3 is 2.68 bits per heavy atom. The third-order valence-corrected chi connectivity index (χ3v) is 3.68. The van der Waals surface area contributed by atoms with Gasteiger partial charge in [0.05, 0.1) is 6.10 Å². The van der Waals surface area contributed by atoms with E-state index in [0.29, 0.717) is 18.3 Å². The number of carboxylic acid groups (broad SMARTS) is 1. The maximum atomic E-state index is 11.1. The zero-order chi connectivity index (χ0) is 13.8. The average Bonchev–Trinajstić information content (AvgIpc) is 2.38. The Balaban J connectivity index is 1.98. The van der Waals surface area contributed by atoms with E-state index in [2.05, 4.69) is 10.3 Å². The highest BCUT2D eigenvalue weighted by atomic mass is 35.5. The largest absolute Gasteiger partial charge is 0.478 e. The van der Waals surface area contributed by atoms with Gasteiger partial charge in [-0.25, -0.2) is 9.78 Å². The summed E-state index contributed by atoms with van der Waals surface area (Å²) in [6.07, 6.45) is 3.31. The predicted molar refractivity (Wildman–Crippen MR) is 72.7 cm³/mol. The molecule has 6 heteroatoms. The summed E-state index contributed by atoms with van der Waals surface area (Å²) in [5, 5.41) is 21.8. The van der Waals surface area contributed by atoms with Gasteiger partial charge in [-0.2, -0.15) is 0 Å². The van der Waals surface area contributed by atoms with Crippen molar-refractivity contribution in [2.75, 3.05) is 11.9 Å². The third-order valence-electron chi connectivity index (χ3n) is 3.47. The van der Waals surface area contributed by atoms with Gasteiger partial charge >= 0.3 is 5.97 Å². The molecule has 2 rings (SSSR count). The van der Waals surface area contributed by atoms with Gasteiger partial charge in [-0.1, -0.05) is 11.6 Å². The molecule has 5 nitrogen and oxygen atoms in total. The van der Waals surface area contributed by atoms with Crippen molar-refractivity contribution in [3.8, 4) is 0 Å². The highest BCUT2D eigenvalue weighted by molar-refractivity contribution is 6.29. The molecule has 0 spiro atoms. The number of aliphatic hydroxyl groups excluding tert-OH is 1. The molecule has 0 saturated heterocycles. The van der Waals surface area contributed by atoms with Gasteiger partial charge in [-0.3, -0.25) is 0 Å². The predicted octanol–water partition coefficient (Wildman–Crippen LogP) is 2.40. The van der Waals surface area contributed by atoms with Crippen LogP contribution < -0.4 is 5.32 Å². The normalized spacial score (nSPS) is 23.1. The van der Waals surface area contributed by atoms with E-state index >= 15 is 0 Å². The molecule has 1 aromatic heterocycles. The van der Waals surface area contributed by atoms with Crippen LogP contribution in [-0.4, -0.2) is 33.8 Å². The minimum Gasteiger partial charge on any atom is -0.478 e. The number of anilines is 1. The molecule has 19 heavy (non-hydrogen) atoms. The van der Waals surface area contributed by atoms with Crippen molar-refractivity contribution in [2.24, 2.45) is 5.92 Å². The molecule has 0 aromatic carbocycles. The van der Waals surface area contributed by atoms with Crippen molar-refractivity contribution in [3.63, 3.8) is 0 Å². The lowest BCUT2D eigenvalue weighted by atomic mass is 9.87. The molecule has 0 radical (unpaired) electrons. The Kier molecular flexibility index (Phi) is 4.61. The second kappa shape index (κ2) is 6.21. The van der Waals surface area contributed by atoms with Crippen LogP contribution in [0.4, 0.5) is 5.82 Å². The van der Waals surface area contributed by atoms with E-state index < -0.39 is 5.97 Å². The first-order valence-corrected chi connectivity index (χ1v) is 6.76. The molecule has 104 valence electrons. The van der Waals surface area contributed by atoms with Crippen molar-refractivity contribution in [1.29, 1.82) is 0 Å². The molecule has 0 unspecified atom stereocenters.